The molecule has 0 radical (unpaired) electrons. The fourth-order valence-electron chi connectivity index (χ4n) is 3.16. The van der Waals surface area contributed by atoms with Crippen molar-refractivity contribution < 1.29 is 22.7 Å². The van der Waals surface area contributed by atoms with E-state index < -0.39 is 12.8 Å². The Kier molecular flexibility index (Phi) is 4.91. The molecule has 24 heavy (non-hydrogen) atoms. The number of nitrogens with zero attached hydrogens (tertiary/aromatic N) is 1. The molecule has 1 aliphatic heterocycles. The maximum absolute atomic E-state index is 12.2. The van der Waals surface area contributed by atoms with Crippen LogP contribution >= 0.6 is 0 Å². The third-order valence-electron chi connectivity index (χ3n) is 4.35. The van der Waals surface area contributed by atoms with Gasteiger partial charge in [-0.15, -0.1) is 0 Å². The largest absolute Gasteiger partial charge is 0.468 e. The van der Waals surface area contributed by atoms with Gasteiger partial charge < -0.3 is 10.1 Å². The number of carbonyl (C=O) groups excluding carboxylic acids is 1. The lowest BCUT2D eigenvalue weighted by molar-refractivity contribution is -0.154. The third kappa shape index (κ3) is 4.35. The quantitative estimate of drug-likeness (QED) is 0.770. The van der Waals surface area contributed by atoms with Crippen LogP contribution in [0.1, 0.15) is 29.6 Å². The molecule has 0 spiro atoms. The van der Waals surface area contributed by atoms with Crippen LogP contribution in [0.2, 0.25) is 0 Å². The molecule has 0 bridgehead atoms. The second-order valence-electron chi connectivity index (χ2n) is 6.16. The molecular weight excluding hydrogens is 325 g/mol. The predicted molar refractivity (Wildman–Crippen MR) is 79.3 cm³/mol. The SMILES string of the molecule is O=C(NC1CCC2NNCC2C1)c1ccc(OCC(F)(F)F)nc1. The molecule has 0 aromatic carbocycles. The van der Waals surface area contributed by atoms with E-state index in [1.54, 1.807) is 0 Å². The number of halogens is 3. The van der Waals surface area contributed by atoms with Gasteiger partial charge in [-0.05, 0) is 31.2 Å². The minimum atomic E-state index is -4.42. The van der Waals surface area contributed by atoms with Gasteiger partial charge in [0.05, 0.1) is 5.56 Å². The van der Waals surface area contributed by atoms with Crippen molar-refractivity contribution in [2.75, 3.05) is 13.2 Å². The minimum absolute atomic E-state index is 0.0987. The minimum Gasteiger partial charge on any atom is -0.468 e. The molecule has 9 heteroatoms. The molecule has 3 N–H and O–H groups in total. The molecule has 3 atom stereocenters. The van der Waals surface area contributed by atoms with Gasteiger partial charge in [0.1, 0.15) is 0 Å². The lowest BCUT2D eigenvalue weighted by Gasteiger charge is -2.31. The number of fused-ring (bicyclic) bond motifs is 1. The van der Waals surface area contributed by atoms with Gasteiger partial charge in [-0.25, -0.2) is 4.98 Å². The van der Waals surface area contributed by atoms with E-state index in [9.17, 15) is 18.0 Å². The molecule has 2 fully saturated rings. The highest BCUT2D eigenvalue weighted by atomic mass is 19.4. The Hall–Kier alpha value is -1.87. The van der Waals surface area contributed by atoms with Crippen LogP contribution in [0.5, 0.6) is 5.88 Å². The number of hydrogen-bond donors (Lipinski definition) is 3. The first-order valence-electron chi connectivity index (χ1n) is 7.85. The topological polar surface area (TPSA) is 75.3 Å². The van der Waals surface area contributed by atoms with Crippen LogP contribution in [0, 0.1) is 5.92 Å². The predicted octanol–water partition coefficient (Wildman–Crippen LogP) is 1.40. The van der Waals surface area contributed by atoms with Gasteiger partial charge in [-0.3, -0.25) is 15.6 Å². The first-order chi connectivity index (χ1) is 11.4. The van der Waals surface area contributed by atoms with Crippen LogP contribution in [0.3, 0.4) is 0 Å². The Morgan fingerprint density at radius 1 is 1.38 bits per heavy atom. The molecule has 2 aliphatic rings. The van der Waals surface area contributed by atoms with Crippen molar-refractivity contribution in [1.29, 1.82) is 0 Å². The van der Waals surface area contributed by atoms with E-state index in [0.717, 1.165) is 25.8 Å². The Morgan fingerprint density at radius 2 is 2.21 bits per heavy atom. The van der Waals surface area contributed by atoms with Crippen molar-refractivity contribution in [3.63, 3.8) is 0 Å². The summed E-state index contributed by atoms with van der Waals surface area (Å²) in [5, 5.41) is 2.97. The number of pyridine rings is 1. The van der Waals surface area contributed by atoms with Crippen LogP contribution in [0.25, 0.3) is 0 Å². The Balaban J connectivity index is 1.51. The fraction of sp³-hybridized carbons (Fsp3) is 0.600. The zero-order chi connectivity index (χ0) is 17.2. The van der Waals surface area contributed by atoms with Gasteiger partial charge in [-0.2, -0.15) is 13.2 Å². The standard InChI is InChI=1S/C15H19F3N4O2/c16-15(17,18)8-24-13-4-1-9(6-19-13)14(23)21-11-2-3-12-10(5-11)7-20-22-12/h1,4,6,10-12,20,22H,2-3,5,7-8H2,(H,21,23). The van der Waals surface area contributed by atoms with E-state index in [-0.39, 0.29) is 17.8 Å². The van der Waals surface area contributed by atoms with Crippen LogP contribution in [0.4, 0.5) is 13.2 Å². The van der Waals surface area contributed by atoms with Gasteiger partial charge in [0.2, 0.25) is 5.88 Å². The summed E-state index contributed by atoms with van der Waals surface area (Å²) in [7, 11) is 0. The number of aromatic nitrogens is 1. The molecule has 132 valence electrons. The van der Waals surface area contributed by atoms with E-state index in [2.05, 4.69) is 25.9 Å². The number of ether oxygens (including phenoxy) is 1. The molecule has 2 heterocycles. The molecule has 1 aromatic heterocycles. The maximum atomic E-state index is 12.2. The average Bonchev–Trinajstić information content (AvgIpc) is 3.00. The zero-order valence-corrected chi connectivity index (χ0v) is 12.9. The molecule has 1 saturated heterocycles. The van der Waals surface area contributed by atoms with E-state index in [0.29, 0.717) is 17.5 Å². The first-order valence-corrected chi connectivity index (χ1v) is 7.85. The van der Waals surface area contributed by atoms with E-state index >= 15 is 0 Å². The van der Waals surface area contributed by atoms with Crippen molar-refractivity contribution in [1.82, 2.24) is 21.2 Å². The second-order valence-corrected chi connectivity index (χ2v) is 6.16. The summed E-state index contributed by atoms with van der Waals surface area (Å²) in [6, 6.07) is 3.24. The molecule has 3 unspecified atom stereocenters. The Labute approximate surface area is 137 Å². The lowest BCUT2D eigenvalue weighted by atomic mass is 9.83. The summed E-state index contributed by atoms with van der Waals surface area (Å²) in [6.45, 7) is -0.512. The molecule has 1 aromatic rings. The van der Waals surface area contributed by atoms with Crippen molar-refractivity contribution in [2.24, 2.45) is 5.92 Å². The monoisotopic (exact) mass is 344 g/mol. The second kappa shape index (κ2) is 6.94. The summed E-state index contributed by atoms with van der Waals surface area (Å²) < 4.78 is 40.7. The van der Waals surface area contributed by atoms with Crippen molar-refractivity contribution in [3.8, 4) is 5.88 Å². The highest BCUT2D eigenvalue weighted by Gasteiger charge is 2.34. The normalized spacial score (nSPS) is 26.7. The highest BCUT2D eigenvalue weighted by molar-refractivity contribution is 5.94. The number of amides is 1. The maximum Gasteiger partial charge on any atom is 0.422 e. The summed E-state index contributed by atoms with van der Waals surface area (Å²) in [5.41, 5.74) is 6.66. The van der Waals surface area contributed by atoms with Gasteiger partial charge >= 0.3 is 6.18 Å². The van der Waals surface area contributed by atoms with Gasteiger partial charge in [0.15, 0.2) is 6.61 Å². The number of hydrogen-bond acceptors (Lipinski definition) is 5. The van der Waals surface area contributed by atoms with Crippen molar-refractivity contribution in [3.05, 3.63) is 23.9 Å². The molecule has 1 amide bonds. The van der Waals surface area contributed by atoms with Crippen molar-refractivity contribution in [2.45, 2.75) is 37.5 Å². The summed E-state index contributed by atoms with van der Waals surface area (Å²) in [5.74, 6) is 0.0695. The number of alkyl halides is 3. The Morgan fingerprint density at radius 3 is 2.92 bits per heavy atom. The van der Waals surface area contributed by atoms with Gasteiger partial charge in [0.25, 0.3) is 5.91 Å². The smallest absolute Gasteiger partial charge is 0.422 e. The first kappa shape index (κ1) is 17.0. The third-order valence-corrected chi connectivity index (χ3v) is 4.35. The molecular formula is C15H19F3N4O2. The van der Waals surface area contributed by atoms with Crippen LogP contribution < -0.4 is 20.9 Å². The van der Waals surface area contributed by atoms with Gasteiger partial charge in [-0.1, -0.05) is 0 Å². The molecule has 6 nitrogen and oxygen atoms in total. The summed E-state index contributed by atoms with van der Waals surface area (Å²) >= 11 is 0. The summed E-state index contributed by atoms with van der Waals surface area (Å²) in [4.78, 5) is 16.0. The zero-order valence-electron chi connectivity index (χ0n) is 12.9. The van der Waals surface area contributed by atoms with Crippen molar-refractivity contribution >= 4 is 5.91 Å². The number of nitrogens with one attached hydrogen (secondary N) is 3. The molecule has 1 saturated carbocycles. The number of rotatable bonds is 4. The number of carbonyl (C=O) groups is 1. The van der Waals surface area contributed by atoms with Crippen LogP contribution in [-0.2, 0) is 0 Å². The van der Waals surface area contributed by atoms with E-state index in [1.807, 2.05) is 0 Å². The number of hydrazine groups is 1. The van der Waals surface area contributed by atoms with Gasteiger partial charge in [0, 0.05) is 30.9 Å². The van der Waals surface area contributed by atoms with E-state index in [4.69, 9.17) is 0 Å². The fourth-order valence-corrected chi connectivity index (χ4v) is 3.16. The lowest BCUT2D eigenvalue weighted by Crippen LogP contribution is -2.44. The van der Waals surface area contributed by atoms with E-state index in [1.165, 1.54) is 18.3 Å². The van der Waals surface area contributed by atoms with Crippen LogP contribution in [-0.4, -0.2) is 42.3 Å². The van der Waals surface area contributed by atoms with Crippen LogP contribution in [0.15, 0.2) is 18.3 Å². The average molecular weight is 344 g/mol. The summed E-state index contributed by atoms with van der Waals surface area (Å²) in [6.07, 6.45) is -0.407. The Bertz CT molecular complexity index is 579. The molecule has 1 aliphatic carbocycles. The molecule has 3 rings (SSSR count). The highest BCUT2D eigenvalue weighted by Crippen LogP contribution is 2.26.